The molecule has 8 rings (SSSR count). The molecule has 5 heterocycles. The average Bonchev–Trinajstić information content (AvgIpc) is 3.84. The SMILES string of the molecule is CC1(C)OC2[C@@H](C=CCNC(=O)c3cc(Cl)cc4c3OC(c3ccccc3)(c3ccccc3)O4)O[C@@H](n3cnc4c(N)ncnc43)[C@H]2O1. The summed E-state index contributed by atoms with van der Waals surface area (Å²) in [6.07, 6.45) is 4.72. The number of carbonyl (C=O) groups is 1. The number of hydrogen-bond donors (Lipinski definition) is 2. The Hall–Kier alpha value is -5.01. The van der Waals surface area contributed by atoms with E-state index in [0.717, 1.165) is 11.1 Å². The summed E-state index contributed by atoms with van der Waals surface area (Å²) in [6.45, 7) is 3.90. The van der Waals surface area contributed by atoms with E-state index in [9.17, 15) is 4.79 Å². The smallest absolute Gasteiger partial charge is 0.305 e. The normalized spacial score (nSPS) is 23.5. The quantitative estimate of drug-likeness (QED) is 0.224. The van der Waals surface area contributed by atoms with Crippen molar-refractivity contribution in [2.45, 2.75) is 50.0 Å². The number of nitrogens with one attached hydrogen (secondary N) is 1. The van der Waals surface area contributed by atoms with E-state index in [2.05, 4.69) is 20.3 Å². The van der Waals surface area contributed by atoms with Crippen LogP contribution in [0.25, 0.3) is 11.2 Å². The summed E-state index contributed by atoms with van der Waals surface area (Å²) in [5.41, 5.74) is 8.80. The van der Waals surface area contributed by atoms with Gasteiger partial charge in [-0.25, -0.2) is 15.0 Å². The predicted octanol–water partition coefficient (Wildman–Crippen LogP) is 5.14. The third kappa shape index (κ3) is 5.13. The minimum Gasteiger partial charge on any atom is -0.440 e. The minimum atomic E-state index is -1.30. The molecular formula is C35H31ClN6O6. The van der Waals surface area contributed by atoms with Crippen LogP contribution in [-0.4, -0.2) is 56.1 Å². The van der Waals surface area contributed by atoms with Crippen molar-refractivity contribution in [3.05, 3.63) is 119 Å². The number of anilines is 1. The first-order valence-electron chi connectivity index (χ1n) is 15.4. The molecule has 2 aromatic heterocycles. The standard InChI is InChI=1S/C35H31ClN6O6/c1-34(2)46-28-24(44-33(29(28)47-34)42-19-41-26-30(37)39-18-40-31(26)42)14-9-15-38-32(43)23-16-22(36)17-25-27(23)48-35(45-25,20-10-5-3-6-11-20)21-12-7-4-8-13-21/h3-14,16-19,24,28-29,33H,15H2,1-2H3,(H,38,43)(H2,37,39,40)/t24-,28?,29+,33-/m1/s1. The summed E-state index contributed by atoms with van der Waals surface area (Å²) in [6, 6.07) is 22.4. The Morgan fingerprint density at radius 3 is 2.42 bits per heavy atom. The van der Waals surface area contributed by atoms with E-state index in [0.29, 0.717) is 27.7 Å². The molecule has 2 saturated heterocycles. The maximum atomic E-state index is 13.6. The number of halogens is 1. The van der Waals surface area contributed by atoms with Gasteiger partial charge in [-0.1, -0.05) is 84.4 Å². The van der Waals surface area contributed by atoms with Gasteiger partial charge in [0.25, 0.3) is 5.91 Å². The summed E-state index contributed by atoms with van der Waals surface area (Å²) in [5, 5.41) is 3.28. The van der Waals surface area contributed by atoms with Crippen LogP contribution in [0.3, 0.4) is 0 Å². The summed E-state index contributed by atoms with van der Waals surface area (Å²) >= 11 is 6.49. The van der Waals surface area contributed by atoms with Crippen LogP contribution in [0.5, 0.6) is 11.5 Å². The number of aromatic nitrogens is 4. The molecule has 3 aliphatic rings. The van der Waals surface area contributed by atoms with E-state index < -0.39 is 36.1 Å². The zero-order chi connectivity index (χ0) is 33.0. The minimum absolute atomic E-state index is 0.188. The lowest BCUT2D eigenvalue weighted by molar-refractivity contribution is -0.191. The number of benzene rings is 3. The van der Waals surface area contributed by atoms with Gasteiger partial charge in [-0.3, -0.25) is 9.36 Å². The summed E-state index contributed by atoms with van der Waals surface area (Å²) in [7, 11) is 0. The molecule has 13 heteroatoms. The molecule has 0 spiro atoms. The van der Waals surface area contributed by atoms with Crippen LogP contribution < -0.4 is 20.5 Å². The third-order valence-corrected chi connectivity index (χ3v) is 8.72. The fraction of sp³-hybridized carbons (Fsp3) is 0.257. The fourth-order valence-corrected chi connectivity index (χ4v) is 6.66. The van der Waals surface area contributed by atoms with Gasteiger partial charge in [0, 0.05) is 28.8 Å². The summed E-state index contributed by atoms with van der Waals surface area (Å²) < 4.78 is 33.7. The largest absolute Gasteiger partial charge is 0.440 e. The van der Waals surface area contributed by atoms with Crippen LogP contribution >= 0.6 is 11.6 Å². The first-order valence-corrected chi connectivity index (χ1v) is 15.8. The first-order chi connectivity index (χ1) is 23.2. The van der Waals surface area contributed by atoms with Crippen molar-refractivity contribution < 1.29 is 28.5 Å². The fourth-order valence-electron chi connectivity index (χ4n) is 6.45. The van der Waals surface area contributed by atoms with Gasteiger partial charge < -0.3 is 34.7 Å². The molecule has 2 fully saturated rings. The summed E-state index contributed by atoms with van der Waals surface area (Å²) in [4.78, 5) is 26.4. The van der Waals surface area contributed by atoms with E-state index in [-0.39, 0.29) is 23.8 Å². The lowest BCUT2D eigenvalue weighted by Gasteiger charge is -2.28. The Bertz CT molecular complexity index is 2000. The van der Waals surface area contributed by atoms with E-state index in [1.807, 2.05) is 86.7 Å². The molecular weight excluding hydrogens is 636 g/mol. The Balaban J connectivity index is 1.01. The van der Waals surface area contributed by atoms with Crippen LogP contribution in [0, 0.1) is 0 Å². The second-order valence-electron chi connectivity index (χ2n) is 12.1. The second kappa shape index (κ2) is 11.6. The van der Waals surface area contributed by atoms with Gasteiger partial charge >= 0.3 is 5.79 Å². The van der Waals surface area contributed by atoms with Crippen molar-refractivity contribution in [2.75, 3.05) is 12.3 Å². The molecule has 12 nitrogen and oxygen atoms in total. The molecule has 0 aliphatic carbocycles. The lowest BCUT2D eigenvalue weighted by atomic mass is 9.97. The predicted molar refractivity (Wildman–Crippen MR) is 175 cm³/mol. The van der Waals surface area contributed by atoms with Gasteiger partial charge in [0.05, 0.1) is 11.9 Å². The number of ether oxygens (including phenoxy) is 5. The highest BCUT2D eigenvalue weighted by Crippen LogP contribution is 2.50. The number of rotatable bonds is 7. The van der Waals surface area contributed by atoms with Gasteiger partial charge in [-0.15, -0.1) is 0 Å². The van der Waals surface area contributed by atoms with Gasteiger partial charge in [-0.05, 0) is 19.9 Å². The Morgan fingerprint density at radius 2 is 1.69 bits per heavy atom. The van der Waals surface area contributed by atoms with Crippen LogP contribution in [0.2, 0.25) is 5.02 Å². The number of fused-ring (bicyclic) bond motifs is 3. The molecule has 3 aliphatic heterocycles. The first kappa shape index (κ1) is 30.3. The number of nitrogens with zero attached hydrogens (tertiary/aromatic N) is 4. The van der Waals surface area contributed by atoms with E-state index in [1.54, 1.807) is 23.0 Å². The van der Waals surface area contributed by atoms with E-state index >= 15 is 0 Å². The molecule has 48 heavy (non-hydrogen) atoms. The average molecular weight is 667 g/mol. The maximum absolute atomic E-state index is 13.6. The lowest BCUT2D eigenvalue weighted by Crippen LogP contribution is -2.37. The van der Waals surface area contributed by atoms with Crippen molar-refractivity contribution in [1.29, 1.82) is 0 Å². The van der Waals surface area contributed by atoms with Crippen LogP contribution in [0.1, 0.15) is 41.6 Å². The Labute approximate surface area is 280 Å². The maximum Gasteiger partial charge on any atom is 0.305 e. The van der Waals surface area contributed by atoms with E-state index in [1.165, 1.54) is 6.33 Å². The second-order valence-corrected chi connectivity index (χ2v) is 12.5. The molecule has 5 aromatic rings. The number of nitrogens with two attached hydrogens (primary N) is 1. The van der Waals surface area contributed by atoms with Gasteiger partial charge in [-0.2, -0.15) is 0 Å². The van der Waals surface area contributed by atoms with E-state index in [4.69, 9.17) is 41.0 Å². The zero-order valence-corrected chi connectivity index (χ0v) is 26.7. The number of nitrogen functional groups attached to an aromatic ring is 1. The molecule has 0 saturated carbocycles. The van der Waals surface area contributed by atoms with Gasteiger partial charge in [0.15, 0.2) is 35.0 Å². The highest BCUT2D eigenvalue weighted by Gasteiger charge is 2.55. The Kier molecular flexibility index (Phi) is 7.33. The molecule has 4 atom stereocenters. The van der Waals surface area contributed by atoms with Crippen molar-refractivity contribution in [3.8, 4) is 11.5 Å². The Morgan fingerprint density at radius 1 is 0.979 bits per heavy atom. The third-order valence-electron chi connectivity index (χ3n) is 8.50. The number of carbonyl (C=O) groups excluding carboxylic acids is 1. The molecule has 0 bridgehead atoms. The van der Waals surface area contributed by atoms with Crippen molar-refractivity contribution in [3.63, 3.8) is 0 Å². The zero-order valence-electron chi connectivity index (χ0n) is 25.9. The number of amides is 1. The molecule has 3 aromatic carbocycles. The molecule has 1 amide bonds. The molecule has 1 unspecified atom stereocenters. The number of imidazole rings is 1. The summed E-state index contributed by atoms with van der Waals surface area (Å²) in [5.74, 6) is -1.57. The topological polar surface area (TPSA) is 145 Å². The van der Waals surface area contributed by atoms with Crippen LogP contribution in [0.15, 0.2) is 97.6 Å². The van der Waals surface area contributed by atoms with Crippen molar-refractivity contribution in [2.24, 2.45) is 0 Å². The molecule has 0 radical (unpaired) electrons. The van der Waals surface area contributed by atoms with Crippen LogP contribution in [0.4, 0.5) is 5.82 Å². The van der Waals surface area contributed by atoms with Gasteiger partial charge in [0.2, 0.25) is 0 Å². The highest BCUT2D eigenvalue weighted by atomic mass is 35.5. The number of hydrogen-bond acceptors (Lipinski definition) is 10. The van der Waals surface area contributed by atoms with Crippen LogP contribution in [-0.2, 0) is 20.0 Å². The molecule has 244 valence electrons. The van der Waals surface area contributed by atoms with Crippen molar-refractivity contribution in [1.82, 2.24) is 24.8 Å². The van der Waals surface area contributed by atoms with Crippen molar-refractivity contribution >= 4 is 34.5 Å². The molecule has 3 N–H and O–H groups in total. The highest BCUT2D eigenvalue weighted by molar-refractivity contribution is 6.31. The van der Waals surface area contributed by atoms with Gasteiger partial charge in [0.1, 0.15) is 30.2 Å². The monoisotopic (exact) mass is 666 g/mol.